The smallest absolute Gasteiger partial charge is 0.353 e. The van der Waals surface area contributed by atoms with Crippen LogP contribution in [0.5, 0.6) is 0 Å². The van der Waals surface area contributed by atoms with E-state index in [2.05, 4.69) is 15.4 Å². The Hall–Kier alpha value is -3.27. The zero-order valence-electron chi connectivity index (χ0n) is 15.5. The lowest BCUT2D eigenvalue weighted by atomic mass is 10.0. The third-order valence-corrected chi connectivity index (χ3v) is 4.97. The zero-order valence-corrected chi connectivity index (χ0v) is 15.5. The van der Waals surface area contributed by atoms with Gasteiger partial charge in [0.2, 0.25) is 6.23 Å². The zero-order chi connectivity index (χ0) is 20.5. The summed E-state index contributed by atoms with van der Waals surface area (Å²) in [5.74, 6) is -1.56. The molecule has 1 unspecified atom stereocenters. The van der Waals surface area contributed by atoms with Crippen LogP contribution in [0.3, 0.4) is 0 Å². The first-order valence-electron chi connectivity index (χ1n) is 9.06. The van der Waals surface area contributed by atoms with E-state index >= 15 is 0 Å². The molecule has 152 valence electrons. The van der Waals surface area contributed by atoms with E-state index in [1.807, 2.05) is 4.90 Å². The maximum atomic E-state index is 14.3. The molecular weight excluding hydrogens is 384 g/mol. The van der Waals surface area contributed by atoms with Gasteiger partial charge in [0.25, 0.3) is 0 Å². The highest BCUT2D eigenvalue weighted by Gasteiger charge is 2.30. The molecule has 3 heterocycles. The quantitative estimate of drug-likeness (QED) is 0.612. The molecule has 2 N–H and O–H groups in total. The highest BCUT2D eigenvalue weighted by atomic mass is 19.1. The minimum Gasteiger partial charge on any atom is -0.478 e. The Morgan fingerprint density at radius 2 is 2.21 bits per heavy atom. The van der Waals surface area contributed by atoms with Gasteiger partial charge in [0.1, 0.15) is 23.1 Å². The molecule has 0 spiro atoms. The Labute approximate surface area is 164 Å². The second-order valence-electron chi connectivity index (χ2n) is 6.73. The summed E-state index contributed by atoms with van der Waals surface area (Å²) in [5.41, 5.74) is 1.08. The number of carbonyl (C=O) groups is 1. The third-order valence-electron chi connectivity index (χ3n) is 4.97. The SMILES string of the molecule is CO[C@@H](Nc1cnn2ccc(N3CCCC3c3cc(F)ccc3F)nc12)C(=O)O. The summed E-state index contributed by atoms with van der Waals surface area (Å²) in [6.45, 7) is 0.635. The van der Waals surface area contributed by atoms with E-state index in [0.717, 1.165) is 18.6 Å². The van der Waals surface area contributed by atoms with Crippen molar-refractivity contribution in [1.82, 2.24) is 14.6 Å². The predicted molar refractivity (Wildman–Crippen MR) is 101 cm³/mol. The molecule has 0 aliphatic carbocycles. The molecule has 4 rings (SSSR count). The number of carboxylic acids is 1. The van der Waals surface area contributed by atoms with Crippen molar-refractivity contribution in [2.75, 3.05) is 23.9 Å². The van der Waals surface area contributed by atoms with Crippen LogP contribution >= 0.6 is 0 Å². The summed E-state index contributed by atoms with van der Waals surface area (Å²) in [5, 5.41) is 16.1. The standard InChI is InChI=1S/C19H19F2N5O3/c1-29-18(19(27)28)23-14-10-22-26-8-6-16(24-17(14)26)25-7-2-3-15(25)12-9-11(20)4-5-13(12)21/h4-6,8-10,15,18,23H,2-3,7H2,1H3,(H,27,28)/t15?,18-/m1/s1. The average Bonchev–Trinajstić information content (AvgIpc) is 3.34. The molecule has 2 aromatic heterocycles. The molecule has 1 aliphatic rings. The van der Waals surface area contributed by atoms with E-state index in [0.29, 0.717) is 35.7 Å². The van der Waals surface area contributed by atoms with Crippen molar-refractivity contribution in [1.29, 1.82) is 0 Å². The molecule has 1 fully saturated rings. The Morgan fingerprint density at radius 1 is 1.38 bits per heavy atom. The average molecular weight is 403 g/mol. The lowest BCUT2D eigenvalue weighted by Gasteiger charge is -2.26. The summed E-state index contributed by atoms with van der Waals surface area (Å²) in [6.07, 6.45) is 3.36. The van der Waals surface area contributed by atoms with Crippen LogP contribution < -0.4 is 10.2 Å². The number of benzene rings is 1. The summed E-state index contributed by atoms with van der Waals surface area (Å²) in [6, 6.07) is 4.85. The van der Waals surface area contributed by atoms with Gasteiger partial charge in [-0.15, -0.1) is 0 Å². The van der Waals surface area contributed by atoms with Crippen LogP contribution in [0.4, 0.5) is 20.3 Å². The molecule has 0 bridgehead atoms. The molecule has 0 saturated carbocycles. The molecular formula is C19H19F2N5O3. The molecule has 29 heavy (non-hydrogen) atoms. The molecule has 8 nitrogen and oxygen atoms in total. The normalized spacial score (nSPS) is 17.6. The molecule has 1 aromatic carbocycles. The number of aliphatic carboxylic acids is 1. The van der Waals surface area contributed by atoms with E-state index in [9.17, 15) is 18.7 Å². The Kier molecular flexibility index (Phi) is 5.01. The van der Waals surface area contributed by atoms with Gasteiger partial charge >= 0.3 is 5.97 Å². The number of anilines is 2. The number of methoxy groups -OCH3 is 1. The monoisotopic (exact) mass is 403 g/mol. The van der Waals surface area contributed by atoms with Gasteiger partial charge in [0.15, 0.2) is 5.65 Å². The van der Waals surface area contributed by atoms with Crippen LogP contribution in [0, 0.1) is 11.6 Å². The van der Waals surface area contributed by atoms with Crippen molar-refractivity contribution >= 4 is 23.1 Å². The fourth-order valence-corrected chi connectivity index (χ4v) is 3.62. The van der Waals surface area contributed by atoms with Crippen LogP contribution in [-0.2, 0) is 9.53 Å². The minimum atomic E-state index is -1.26. The number of fused-ring (bicyclic) bond motifs is 1. The largest absolute Gasteiger partial charge is 0.478 e. The Morgan fingerprint density at radius 3 is 2.97 bits per heavy atom. The highest BCUT2D eigenvalue weighted by molar-refractivity contribution is 5.79. The molecule has 0 amide bonds. The first kappa shape index (κ1) is 19.1. The predicted octanol–water partition coefficient (Wildman–Crippen LogP) is 2.82. The van der Waals surface area contributed by atoms with E-state index in [1.54, 1.807) is 12.3 Å². The number of carboxylic acid groups (broad SMARTS) is 1. The Bertz CT molecular complexity index is 1060. The number of hydrogen-bond donors (Lipinski definition) is 2. The van der Waals surface area contributed by atoms with Gasteiger partial charge in [-0.1, -0.05) is 0 Å². The van der Waals surface area contributed by atoms with E-state index in [1.165, 1.54) is 23.9 Å². The number of hydrogen-bond acceptors (Lipinski definition) is 6. The number of ether oxygens (including phenoxy) is 1. The van der Waals surface area contributed by atoms with Crippen LogP contribution in [0.1, 0.15) is 24.4 Å². The lowest BCUT2D eigenvalue weighted by Crippen LogP contribution is -2.31. The minimum absolute atomic E-state index is 0.293. The van der Waals surface area contributed by atoms with Gasteiger partial charge in [-0.05, 0) is 37.1 Å². The summed E-state index contributed by atoms with van der Waals surface area (Å²) in [7, 11) is 1.28. The maximum Gasteiger partial charge on any atom is 0.353 e. The molecule has 3 aromatic rings. The Balaban J connectivity index is 1.69. The molecule has 1 aliphatic heterocycles. The molecule has 2 atom stereocenters. The molecule has 10 heteroatoms. The van der Waals surface area contributed by atoms with E-state index in [-0.39, 0.29) is 6.04 Å². The fourth-order valence-electron chi connectivity index (χ4n) is 3.62. The first-order chi connectivity index (χ1) is 14.0. The van der Waals surface area contributed by atoms with Gasteiger partial charge in [0.05, 0.1) is 12.2 Å². The lowest BCUT2D eigenvalue weighted by molar-refractivity contribution is -0.146. The first-order valence-corrected chi connectivity index (χ1v) is 9.06. The number of rotatable bonds is 6. The fraction of sp³-hybridized carbons (Fsp3) is 0.316. The third kappa shape index (κ3) is 3.58. The summed E-state index contributed by atoms with van der Waals surface area (Å²) >= 11 is 0. The van der Waals surface area contributed by atoms with Gasteiger partial charge in [-0.25, -0.2) is 23.1 Å². The maximum absolute atomic E-state index is 14.3. The van der Waals surface area contributed by atoms with Crippen molar-refractivity contribution in [2.24, 2.45) is 0 Å². The van der Waals surface area contributed by atoms with Crippen molar-refractivity contribution in [3.63, 3.8) is 0 Å². The number of nitrogens with zero attached hydrogens (tertiary/aromatic N) is 4. The van der Waals surface area contributed by atoms with Crippen molar-refractivity contribution in [2.45, 2.75) is 25.1 Å². The van der Waals surface area contributed by atoms with Crippen LogP contribution in [0.15, 0.2) is 36.7 Å². The van der Waals surface area contributed by atoms with Crippen LogP contribution in [-0.4, -0.2) is 45.6 Å². The van der Waals surface area contributed by atoms with Gasteiger partial charge in [-0.2, -0.15) is 5.10 Å². The molecule has 1 saturated heterocycles. The molecule has 0 radical (unpaired) electrons. The van der Waals surface area contributed by atoms with E-state index in [4.69, 9.17) is 4.74 Å². The van der Waals surface area contributed by atoms with Crippen molar-refractivity contribution in [3.8, 4) is 0 Å². The van der Waals surface area contributed by atoms with Gasteiger partial charge < -0.3 is 20.1 Å². The number of halogens is 2. The highest BCUT2D eigenvalue weighted by Crippen LogP contribution is 2.37. The van der Waals surface area contributed by atoms with Crippen molar-refractivity contribution < 1.29 is 23.4 Å². The second kappa shape index (κ2) is 7.63. The van der Waals surface area contributed by atoms with Crippen LogP contribution in [0.25, 0.3) is 5.65 Å². The summed E-state index contributed by atoms with van der Waals surface area (Å²) in [4.78, 5) is 17.7. The van der Waals surface area contributed by atoms with E-state index < -0.39 is 23.8 Å². The van der Waals surface area contributed by atoms with Gasteiger partial charge in [0, 0.05) is 25.4 Å². The number of nitrogens with one attached hydrogen (secondary N) is 1. The summed E-state index contributed by atoms with van der Waals surface area (Å²) < 4.78 is 34.4. The topological polar surface area (TPSA) is 92.0 Å². The van der Waals surface area contributed by atoms with Crippen LogP contribution in [0.2, 0.25) is 0 Å². The van der Waals surface area contributed by atoms with Gasteiger partial charge in [-0.3, -0.25) is 0 Å². The van der Waals surface area contributed by atoms with Crippen molar-refractivity contribution in [3.05, 3.63) is 53.9 Å². The number of aromatic nitrogens is 3. The second-order valence-corrected chi connectivity index (χ2v) is 6.73.